The number of ether oxygens (including phenoxy) is 1. The quantitative estimate of drug-likeness (QED) is 0.195. The van der Waals surface area contributed by atoms with Gasteiger partial charge in [0.2, 0.25) is 10.0 Å². The van der Waals surface area contributed by atoms with Crippen LogP contribution in [0.4, 0.5) is 4.39 Å². The number of sulfonamides is 1. The lowest BCUT2D eigenvalue weighted by atomic mass is 10.0. The molecule has 0 atom stereocenters. The Morgan fingerprint density at radius 3 is 2.71 bits per heavy atom. The van der Waals surface area contributed by atoms with Crippen molar-refractivity contribution in [2.24, 2.45) is 0 Å². The van der Waals surface area contributed by atoms with E-state index in [1.54, 1.807) is 24.7 Å². The van der Waals surface area contributed by atoms with E-state index >= 15 is 0 Å². The van der Waals surface area contributed by atoms with Gasteiger partial charge in [-0.25, -0.2) is 22.5 Å². The van der Waals surface area contributed by atoms with Crippen molar-refractivity contribution in [1.29, 1.82) is 0 Å². The molecule has 1 aliphatic rings. The second kappa shape index (κ2) is 12.0. The van der Waals surface area contributed by atoms with Crippen LogP contribution >= 0.6 is 0 Å². The first kappa shape index (κ1) is 29.0. The summed E-state index contributed by atoms with van der Waals surface area (Å²) in [4.78, 5) is 19.7. The summed E-state index contributed by atoms with van der Waals surface area (Å²) in [5.74, 6) is 0.210. The molecular weight excluding hydrogens is 595 g/mol. The van der Waals surface area contributed by atoms with Crippen LogP contribution < -0.4 is 9.46 Å². The first-order valence-electron chi connectivity index (χ1n) is 14.7. The third-order valence-corrected chi connectivity index (χ3v) is 8.53. The lowest BCUT2D eigenvalue weighted by molar-refractivity contribution is 0.237. The lowest BCUT2D eigenvalue weighted by Crippen LogP contribution is -2.25. The summed E-state index contributed by atoms with van der Waals surface area (Å²) in [5.41, 5.74) is 6.68. The number of hydrogen-bond donors (Lipinski definition) is 3. The van der Waals surface area contributed by atoms with Gasteiger partial charge in [-0.1, -0.05) is 0 Å². The van der Waals surface area contributed by atoms with E-state index in [0.717, 1.165) is 53.6 Å². The number of halogens is 1. The molecule has 1 fully saturated rings. The maximum Gasteiger partial charge on any atom is 0.209 e. The van der Waals surface area contributed by atoms with Crippen LogP contribution in [0.3, 0.4) is 0 Å². The lowest BCUT2D eigenvalue weighted by Gasteiger charge is -2.15. The fourth-order valence-electron chi connectivity index (χ4n) is 5.70. The van der Waals surface area contributed by atoms with Crippen LogP contribution in [-0.2, 0) is 16.6 Å². The second-order valence-corrected chi connectivity index (χ2v) is 13.0. The minimum atomic E-state index is -3.44. The number of aromatic amines is 2. The van der Waals surface area contributed by atoms with Crippen LogP contribution in [0.1, 0.15) is 18.4 Å². The standard InChI is InChI=1S/C32H31FN8O3S/c1-45(42,43)36-17-20-12-21(14-23(33)13-20)30-25-16-29(37-27(25)6-7-35-30)32-31-28(39-40-32)5-4-26(38-31)22-15-24(19-34-18-22)44-11-10-41-8-2-3-9-41/h4-7,12-16,18-19,36-37H,2-3,8-11,17H2,1H3,(H,39,40). The first-order chi connectivity index (χ1) is 21.8. The van der Waals surface area contributed by atoms with Gasteiger partial charge in [0.05, 0.1) is 35.1 Å². The molecule has 1 aromatic carbocycles. The summed E-state index contributed by atoms with van der Waals surface area (Å²) >= 11 is 0. The molecule has 45 heavy (non-hydrogen) atoms. The minimum Gasteiger partial charge on any atom is -0.491 e. The molecule has 3 N–H and O–H groups in total. The first-order valence-corrected chi connectivity index (χ1v) is 16.6. The van der Waals surface area contributed by atoms with Crippen LogP contribution in [0, 0.1) is 5.82 Å². The van der Waals surface area contributed by atoms with E-state index in [-0.39, 0.29) is 6.54 Å². The molecule has 11 nitrogen and oxygen atoms in total. The smallest absolute Gasteiger partial charge is 0.209 e. The predicted octanol–water partition coefficient (Wildman–Crippen LogP) is 4.89. The molecule has 6 heterocycles. The fraction of sp³-hybridized carbons (Fsp3) is 0.250. The highest BCUT2D eigenvalue weighted by Crippen LogP contribution is 2.34. The van der Waals surface area contributed by atoms with E-state index in [1.807, 2.05) is 30.3 Å². The molecule has 13 heteroatoms. The van der Waals surface area contributed by atoms with E-state index in [0.29, 0.717) is 46.1 Å². The zero-order valence-electron chi connectivity index (χ0n) is 24.5. The molecule has 0 saturated carbocycles. The summed E-state index contributed by atoms with van der Waals surface area (Å²) in [6, 6.07) is 14.0. The molecule has 0 spiro atoms. The molecule has 7 rings (SSSR count). The van der Waals surface area contributed by atoms with E-state index in [1.165, 1.54) is 25.0 Å². The number of rotatable bonds is 10. The van der Waals surface area contributed by atoms with Crippen molar-refractivity contribution in [1.82, 2.24) is 39.8 Å². The molecule has 0 radical (unpaired) electrons. The third kappa shape index (κ3) is 6.41. The Hall–Kier alpha value is -4.72. The van der Waals surface area contributed by atoms with Crippen molar-refractivity contribution < 1.29 is 17.5 Å². The van der Waals surface area contributed by atoms with Crippen LogP contribution in [0.5, 0.6) is 5.75 Å². The van der Waals surface area contributed by atoms with Crippen LogP contribution in [0.15, 0.2) is 67.1 Å². The molecule has 6 aromatic rings. The van der Waals surface area contributed by atoms with Crippen molar-refractivity contribution in [3.63, 3.8) is 0 Å². The number of aromatic nitrogens is 6. The zero-order chi connectivity index (χ0) is 31.0. The summed E-state index contributed by atoms with van der Waals surface area (Å²) in [6.45, 7) is 3.73. The Morgan fingerprint density at radius 1 is 1.00 bits per heavy atom. The van der Waals surface area contributed by atoms with Crippen molar-refractivity contribution >= 4 is 32.0 Å². The molecule has 0 amide bonds. The SMILES string of the molecule is CS(=O)(=O)NCc1cc(F)cc(-c2nccc3[nH]c(-c4n[nH]c5ccc(-c6cncc(OCCN7CCCC7)c6)nc45)cc23)c1. The second-order valence-electron chi connectivity index (χ2n) is 11.2. The average Bonchev–Trinajstić information content (AvgIpc) is 3.79. The molecule has 230 valence electrons. The summed E-state index contributed by atoms with van der Waals surface area (Å²) in [7, 11) is -3.44. The van der Waals surface area contributed by atoms with E-state index in [2.05, 4.69) is 34.8 Å². The Morgan fingerprint density at radius 2 is 1.87 bits per heavy atom. The molecule has 0 unspecified atom stereocenters. The zero-order valence-corrected chi connectivity index (χ0v) is 25.4. The molecule has 1 aliphatic heterocycles. The number of nitrogens with zero attached hydrogens (tertiary/aromatic N) is 5. The van der Waals surface area contributed by atoms with Gasteiger partial charge in [-0.05, 0) is 80.0 Å². The van der Waals surface area contributed by atoms with Crippen LogP contribution in [0.25, 0.3) is 55.8 Å². The van der Waals surface area contributed by atoms with Gasteiger partial charge in [0, 0.05) is 47.5 Å². The number of nitrogens with one attached hydrogen (secondary N) is 3. The molecule has 5 aromatic heterocycles. The summed E-state index contributed by atoms with van der Waals surface area (Å²) < 4.78 is 46.2. The normalized spacial score (nSPS) is 14.1. The van der Waals surface area contributed by atoms with Gasteiger partial charge in [0.1, 0.15) is 29.4 Å². The van der Waals surface area contributed by atoms with Gasteiger partial charge < -0.3 is 9.72 Å². The Kier molecular flexibility index (Phi) is 7.73. The Bertz CT molecular complexity index is 2120. The van der Waals surface area contributed by atoms with E-state index in [4.69, 9.17) is 9.72 Å². The highest BCUT2D eigenvalue weighted by atomic mass is 32.2. The monoisotopic (exact) mass is 626 g/mol. The van der Waals surface area contributed by atoms with Gasteiger partial charge in [-0.15, -0.1) is 0 Å². The maximum absolute atomic E-state index is 14.6. The van der Waals surface area contributed by atoms with E-state index < -0.39 is 15.8 Å². The molecule has 0 aliphatic carbocycles. The number of hydrogen-bond acceptors (Lipinski definition) is 8. The molecule has 1 saturated heterocycles. The summed E-state index contributed by atoms with van der Waals surface area (Å²) in [5, 5.41) is 8.38. The van der Waals surface area contributed by atoms with E-state index in [9.17, 15) is 12.8 Å². The number of fused-ring (bicyclic) bond motifs is 2. The predicted molar refractivity (Wildman–Crippen MR) is 170 cm³/mol. The number of H-pyrrole nitrogens is 2. The fourth-order valence-corrected chi connectivity index (χ4v) is 6.13. The number of benzene rings is 1. The highest BCUT2D eigenvalue weighted by molar-refractivity contribution is 7.88. The van der Waals surface area contributed by atoms with Crippen molar-refractivity contribution in [3.05, 3.63) is 78.5 Å². The van der Waals surface area contributed by atoms with Gasteiger partial charge in [0.25, 0.3) is 0 Å². The van der Waals surface area contributed by atoms with Crippen LogP contribution in [0.2, 0.25) is 0 Å². The van der Waals surface area contributed by atoms with Crippen LogP contribution in [-0.4, -0.2) is 75.9 Å². The minimum absolute atomic E-state index is 0.0334. The highest BCUT2D eigenvalue weighted by Gasteiger charge is 2.17. The van der Waals surface area contributed by atoms with Gasteiger partial charge in [-0.2, -0.15) is 5.10 Å². The molecular formula is C32H31FN8O3S. The largest absolute Gasteiger partial charge is 0.491 e. The maximum atomic E-state index is 14.6. The Balaban J connectivity index is 1.19. The topological polar surface area (TPSA) is 142 Å². The molecule has 0 bridgehead atoms. The Labute approximate surface area is 258 Å². The number of pyridine rings is 3. The average molecular weight is 627 g/mol. The third-order valence-electron chi connectivity index (χ3n) is 7.86. The van der Waals surface area contributed by atoms with Gasteiger partial charge in [0.15, 0.2) is 0 Å². The van der Waals surface area contributed by atoms with Crippen molar-refractivity contribution in [2.75, 3.05) is 32.5 Å². The van der Waals surface area contributed by atoms with Gasteiger partial charge >= 0.3 is 0 Å². The van der Waals surface area contributed by atoms with Crippen molar-refractivity contribution in [2.45, 2.75) is 19.4 Å². The summed E-state index contributed by atoms with van der Waals surface area (Å²) in [6.07, 6.45) is 8.68. The van der Waals surface area contributed by atoms with Crippen molar-refractivity contribution in [3.8, 4) is 39.7 Å². The number of likely N-dealkylation sites (tertiary alicyclic amines) is 1. The van der Waals surface area contributed by atoms with Gasteiger partial charge in [-0.3, -0.25) is 20.0 Å².